The molecule has 1 heterocycles. The molecule has 1 aromatic rings. The number of hydrogen-bond donors (Lipinski definition) is 2. The molecule has 3 nitrogen and oxygen atoms in total. The van der Waals surface area contributed by atoms with Gasteiger partial charge < -0.3 is 15.5 Å². The normalized spacial score (nSPS) is 18.8. The maximum absolute atomic E-state index is 5.92. The van der Waals surface area contributed by atoms with Crippen LogP contribution in [0.1, 0.15) is 18.0 Å². The van der Waals surface area contributed by atoms with Crippen molar-refractivity contribution in [3.63, 3.8) is 0 Å². The zero-order chi connectivity index (χ0) is 12.8. The molecular formula is C14H22ClN3. The second kappa shape index (κ2) is 7.10. The van der Waals surface area contributed by atoms with Crippen molar-refractivity contribution < 1.29 is 0 Å². The van der Waals surface area contributed by atoms with E-state index in [9.17, 15) is 0 Å². The molecule has 2 N–H and O–H groups in total. The zero-order valence-electron chi connectivity index (χ0n) is 11.0. The van der Waals surface area contributed by atoms with Gasteiger partial charge in [-0.25, -0.2) is 0 Å². The van der Waals surface area contributed by atoms with Crippen LogP contribution in [0.2, 0.25) is 5.02 Å². The Bertz CT molecular complexity index is 347. The van der Waals surface area contributed by atoms with Gasteiger partial charge in [0.05, 0.1) is 0 Å². The third-order valence-electron chi connectivity index (χ3n) is 3.56. The van der Waals surface area contributed by atoms with Crippen LogP contribution in [-0.2, 0) is 0 Å². The summed E-state index contributed by atoms with van der Waals surface area (Å²) in [4.78, 5) is 2.52. The molecule has 0 spiro atoms. The third kappa shape index (κ3) is 3.95. The first kappa shape index (κ1) is 13.8. The lowest BCUT2D eigenvalue weighted by Crippen LogP contribution is -2.44. The molecule has 1 fully saturated rings. The van der Waals surface area contributed by atoms with E-state index in [2.05, 4.69) is 27.7 Å². The smallest absolute Gasteiger partial charge is 0.0406 e. The first-order valence-corrected chi connectivity index (χ1v) is 7.03. The van der Waals surface area contributed by atoms with Gasteiger partial charge in [0.15, 0.2) is 0 Å². The van der Waals surface area contributed by atoms with Crippen LogP contribution in [0.4, 0.5) is 0 Å². The molecule has 0 bridgehead atoms. The molecule has 1 aromatic carbocycles. The standard InChI is InChI=1S/C14H22ClN3/c1-16-14(12-2-4-13(15)5-3-12)6-9-18-10-7-17-8-11-18/h2-5,14,16-17H,6-11H2,1H3. The van der Waals surface area contributed by atoms with E-state index in [-0.39, 0.29) is 0 Å². The van der Waals surface area contributed by atoms with Gasteiger partial charge in [-0.3, -0.25) is 0 Å². The van der Waals surface area contributed by atoms with Gasteiger partial charge in [-0.15, -0.1) is 0 Å². The fraction of sp³-hybridized carbons (Fsp3) is 0.571. The molecule has 2 rings (SSSR count). The van der Waals surface area contributed by atoms with Crippen molar-refractivity contribution in [3.8, 4) is 0 Å². The minimum absolute atomic E-state index is 0.414. The van der Waals surface area contributed by atoms with Crippen LogP contribution in [0.15, 0.2) is 24.3 Å². The second-order valence-electron chi connectivity index (χ2n) is 4.77. The summed E-state index contributed by atoms with van der Waals surface area (Å²) in [7, 11) is 2.02. The number of hydrogen-bond acceptors (Lipinski definition) is 3. The van der Waals surface area contributed by atoms with Gasteiger partial charge in [-0.1, -0.05) is 23.7 Å². The minimum Gasteiger partial charge on any atom is -0.314 e. The average molecular weight is 268 g/mol. The summed E-state index contributed by atoms with van der Waals surface area (Å²) in [6, 6.07) is 8.57. The first-order chi connectivity index (χ1) is 8.79. The molecule has 1 saturated heterocycles. The van der Waals surface area contributed by atoms with Crippen molar-refractivity contribution in [2.75, 3.05) is 39.8 Å². The van der Waals surface area contributed by atoms with Crippen LogP contribution < -0.4 is 10.6 Å². The van der Waals surface area contributed by atoms with E-state index in [0.717, 1.165) is 44.2 Å². The summed E-state index contributed by atoms with van der Waals surface area (Å²) in [6.45, 7) is 5.71. The van der Waals surface area contributed by atoms with Gasteiger partial charge in [-0.05, 0) is 31.2 Å². The Balaban J connectivity index is 1.86. The Hall–Kier alpha value is -0.610. The number of rotatable bonds is 5. The molecule has 100 valence electrons. The molecule has 18 heavy (non-hydrogen) atoms. The van der Waals surface area contributed by atoms with Crippen LogP contribution in [0.25, 0.3) is 0 Å². The van der Waals surface area contributed by atoms with Crippen LogP contribution in [-0.4, -0.2) is 44.7 Å². The van der Waals surface area contributed by atoms with Crippen LogP contribution in [0.3, 0.4) is 0 Å². The second-order valence-corrected chi connectivity index (χ2v) is 5.21. The Morgan fingerprint density at radius 2 is 1.94 bits per heavy atom. The summed E-state index contributed by atoms with van der Waals surface area (Å²) >= 11 is 5.92. The Kier molecular flexibility index (Phi) is 5.45. The maximum Gasteiger partial charge on any atom is 0.0406 e. The molecule has 1 aliphatic rings. The largest absolute Gasteiger partial charge is 0.314 e. The minimum atomic E-state index is 0.414. The summed E-state index contributed by atoms with van der Waals surface area (Å²) < 4.78 is 0. The molecule has 0 saturated carbocycles. The van der Waals surface area contributed by atoms with E-state index in [1.54, 1.807) is 0 Å². The van der Waals surface area contributed by atoms with E-state index >= 15 is 0 Å². The van der Waals surface area contributed by atoms with Crippen molar-refractivity contribution in [1.82, 2.24) is 15.5 Å². The van der Waals surface area contributed by atoms with Crippen molar-refractivity contribution in [2.24, 2.45) is 0 Å². The van der Waals surface area contributed by atoms with Crippen molar-refractivity contribution >= 4 is 11.6 Å². The lowest BCUT2D eigenvalue weighted by Gasteiger charge is -2.29. The SMILES string of the molecule is CNC(CCN1CCNCC1)c1ccc(Cl)cc1. The Morgan fingerprint density at radius 1 is 1.28 bits per heavy atom. The van der Waals surface area contributed by atoms with Crippen molar-refractivity contribution in [2.45, 2.75) is 12.5 Å². The fourth-order valence-electron chi connectivity index (χ4n) is 2.42. The Labute approximate surface area is 115 Å². The van der Waals surface area contributed by atoms with Crippen LogP contribution in [0, 0.1) is 0 Å². The molecule has 1 atom stereocenters. The number of nitrogens with one attached hydrogen (secondary N) is 2. The highest BCUT2D eigenvalue weighted by atomic mass is 35.5. The third-order valence-corrected chi connectivity index (χ3v) is 3.82. The molecule has 0 radical (unpaired) electrons. The van der Waals surface area contributed by atoms with Gasteiger partial charge in [-0.2, -0.15) is 0 Å². The predicted molar refractivity (Wildman–Crippen MR) is 77.2 cm³/mol. The molecule has 1 aliphatic heterocycles. The highest BCUT2D eigenvalue weighted by Gasteiger charge is 2.13. The monoisotopic (exact) mass is 267 g/mol. The average Bonchev–Trinajstić information content (AvgIpc) is 2.42. The van der Waals surface area contributed by atoms with Crippen molar-refractivity contribution in [1.29, 1.82) is 0 Å². The van der Waals surface area contributed by atoms with E-state index in [0.29, 0.717) is 6.04 Å². The Morgan fingerprint density at radius 3 is 2.56 bits per heavy atom. The maximum atomic E-state index is 5.92. The van der Waals surface area contributed by atoms with Gasteiger partial charge in [0.25, 0.3) is 0 Å². The highest BCUT2D eigenvalue weighted by molar-refractivity contribution is 6.30. The lowest BCUT2D eigenvalue weighted by atomic mass is 10.0. The van der Waals surface area contributed by atoms with Gasteiger partial charge >= 0.3 is 0 Å². The highest BCUT2D eigenvalue weighted by Crippen LogP contribution is 2.19. The van der Waals surface area contributed by atoms with Crippen LogP contribution in [0.5, 0.6) is 0 Å². The first-order valence-electron chi connectivity index (χ1n) is 6.65. The summed E-state index contributed by atoms with van der Waals surface area (Å²) in [5, 5.41) is 7.58. The summed E-state index contributed by atoms with van der Waals surface area (Å²) in [5.41, 5.74) is 1.32. The fourth-order valence-corrected chi connectivity index (χ4v) is 2.55. The molecule has 4 heteroatoms. The number of piperazine rings is 1. The van der Waals surface area contributed by atoms with E-state index in [4.69, 9.17) is 11.6 Å². The molecular weight excluding hydrogens is 246 g/mol. The summed E-state index contributed by atoms with van der Waals surface area (Å²) in [6.07, 6.45) is 1.14. The summed E-state index contributed by atoms with van der Waals surface area (Å²) in [5.74, 6) is 0. The molecule has 1 unspecified atom stereocenters. The topological polar surface area (TPSA) is 27.3 Å². The van der Waals surface area contributed by atoms with Crippen molar-refractivity contribution in [3.05, 3.63) is 34.9 Å². The number of nitrogens with zero attached hydrogens (tertiary/aromatic N) is 1. The predicted octanol–water partition coefficient (Wildman–Crippen LogP) is 1.90. The number of halogens is 1. The number of benzene rings is 1. The molecule has 0 amide bonds. The van der Waals surface area contributed by atoms with Gasteiger partial charge in [0.2, 0.25) is 0 Å². The van der Waals surface area contributed by atoms with E-state index in [1.165, 1.54) is 5.56 Å². The van der Waals surface area contributed by atoms with E-state index in [1.807, 2.05) is 19.2 Å². The lowest BCUT2D eigenvalue weighted by molar-refractivity contribution is 0.229. The molecule has 0 aliphatic carbocycles. The molecule has 0 aromatic heterocycles. The van der Waals surface area contributed by atoms with Crippen LogP contribution >= 0.6 is 11.6 Å². The van der Waals surface area contributed by atoms with Gasteiger partial charge in [0, 0.05) is 43.8 Å². The quantitative estimate of drug-likeness (QED) is 0.853. The zero-order valence-corrected chi connectivity index (χ0v) is 11.7. The van der Waals surface area contributed by atoms with Gasteiger partial charge in [0.1, 0.15) is 0 Å². The van der Waals surface area contributed by atoms with E-state index < -0.39 is 0 Å².